The van der Waals surface area contributed by atoms with Crippen LogP contribution in [-0.2, 0) is 48.0 Å². The number of methoxy groups -OCH3 is 1. The highest BCUT2D eigenvalue weighted by Crippen LogP contribution is 2.41. The van der Waals surface area contributed by atoms with Gasteiger partial charge in [-0.1, -0.05) is 66.2 Å². The van der Waals surface area contributed by atoms with E-state index in [4.69, 9.17) is 21.1 Å². The van der Waals surface area contributed by atoms with Gasteiger partial charge in [0, 0.05) is 36.6 Å². The van der Waals surface area contributed by atoms with E-state index in [1.807, 2.05) is 24.3 Å². The highest BCUT2D eigenvalue weighted by atomic mass is 35.5. The van der Waals surface area contributed by atoms with Crippen molar-refractivity contribution < 1.29 is 38.2 Å². The first-order valence-electron chi connectivity index (χ1n) is 17.9. The molecule has 284 valence electrons. The number of rotatable bonds is 8. The number of nitrogens with one attached hydrogen (secondary N) is 1. The van der Waals surface area contributed by atoms with E-state index in [-0.39, 0.29) is 51.2 Å². The van der Waals surface area contributed by atoms with Crippen LogP contribution in [-0.4, -0.2) is 100 Å². The Balaban J connectivity index is 1.26. The van der Waals surface area contributed by atoms with Crippen molar-refractivity contribution in [3.8, 4) is 0 Å². The molecule has 3 aromatic carbocycles. The average Bonchev–Trinajstić information content (AvgIpc) is 3.34. The fourth-order valence-electron chi connectivity index (χ4n) is 7.35. The third kappa shape index (κ3) is 7.91. The van der Waals surface area contributed by atoms with E-state index in [0.29, 0.717) is 10.7 Å². The fraction of sp³-hybridized carbons (Fsp3) is 0.400. The van der Waals surface area contributed by atoms with Gasteiger partial charge in [0.25, 0.3) is 5.91 Å². The first kappa shape index (κ1) is 38.3. The summed E-state index contributed by atoms with van der Waals surface area (Å²) in [7, 11) is 1.18. The van der Waals surface area contributed by atoms with Gasteiger partial charge in [-0.05, 0) is 74.6 Å². The molecular weight excluding hydrogens is 714 g/mol. The molecule has 0 bridgehead atoms. The summed E-state index contributed by atoms with van der Waals surface area (Å²) in [5, 5.41) is 3.48. The molecule has 6 amide bonds. The van der Waals surface area contributed by atoms with E-state index in [9.17, 15) is 28.8 Å². The van der Waals surface area contributed by atoms with E-state index in [2.05, 4.69) is 5.32 Å². The van der Waals surface area contributed by atoms with Crippen LogP contribution in [0.3, 0.4) is 0 Å². The number of anilines is 1. The minimum Gasteiger partial charge on any atom is -0.468 e. The number of amides is 6. The molecule has 3 aliphatic rings. The Morgan fingerprint density at radius 1 is 0.907 bits per heavy atom. The fourth-order valence-corrected chi connectivity index (χ4v) is 7.48. The maximum atomic E-state index is 14.5. The summed E-state index contributed by atoms with van der Waals surface area (Å²) >= 11 is 6.16. The zero-order valence-electron chi connectivity index (χ0n) is 30.7. The van der Waals surface area contributed by atoms with Gasteiger partial charge < -0.3 is 19.7 Å². The van der Waals surface area contributed by atoms with E-state index >= 15 is 0 Å². The van der Waals surface area contributed by atoms with Crippen molar-refractivity contribution >= 4 is 53.1 Å². The first-order chi connectivity index (χ1) is 25.7. The maximum absolute atomic E-state index is 14.5. The van der Waals surface area contributed by atoms with Crippen molar-refractivity contribution in [1.82, 2.24) is 20.0 Å². The molecule has 0 radical (unpaired) electrons. The zero-order valence-corrected chi connectivity index (χ0v) is 31.5. The number of esters is 1. The van der Waals surface area contributed by atoms with E-state index < -0.39 is 59.7 Å². The molecule has 2 atom stereocenters. The van der Waals surface area contributed by atoms with Gasteiger partial charge in [-0.15, -0.1) is 0 Å². The van der Waals surface area contributed by atoms with Crippen LogP contribution >= 0.6 is 11.6 Å². The monoisotopic (exact) mass is 757 g/mol. The number of ether oxygens (including phenoxy) is 2. The molecule has 54 heavy (non-hydrogen) atoms. The molecule has 6 rings (SSSR count). The largest absolute Gasteiger partial charge is 0.468 e. The van der Waals surface area contributed by atoms with Gasteiger partial charge in [-0.25, -0.2) is 9.59 Å². The number of fused-ring (bicyclic) bond motifs is 1. The second-order valence-corrected chi connectivity index (χ2v) is 15.2. The van der Waals surface area contributed by atoms with Crippen molar-refractivity contribution in [2.75, 3.05) is 31.6 Å². The van der Waals surface area contributed by atoms with Crippen molar-refractivity contribution in [3.63, 3.8) is 0 Å². The lowest BCUT2D eigenvalue weighted by molar-refractivity contribution is -0.146. The third-order valence-corrected chi connectivity index (χ3v) is 10.3. The molecule has 2 fully saturated rings. The predicted octanol–water partition coefficient (Wildman–Crippen LogP) is 4.73. The van der Waals surface area contributed by atoms with Crippen LogP contribution in [0.15, 0.2) is 78.9 Å². The molecule has 3 aliphatic heterocycles. The second kappa shape index (κ2) is 15.5. The van der Waals surface area contributed by atoms with Crippen LogP contribution in [0.1, 0.15) is 50.3 Å². The number of nitrogens with zero attached hydrogens (tertiary/aromatic N) is 4. The van der Waals surface area contributed by atoms with Crippen LogP contribution in [0.4, 0.5) is 15.3 Å². The molecule has 0 aromatic heterocycles. The van der Waals surface area contributed by atoms with Gasteiger partial charge in [0.05, 0.1) is 13.7 Å². The van der Waals surface area contributed by atoms with Crippen molar-refractivity contribution in [2.45, 2.75) is 76.2 Å². The molecular formula is C40H44ClN5O8. The SMILES string of the molecule is COC(=O)CN1C(=O)N(c2ccccc2)C2(CCN(C(=O)[C@@H](Cc3ccc(Cl)cc3)NC(=O)[C@H]3Cc4ccccc4CN3C(=O)OC(C)(C)C)CC2)C1=O. The van der Waals surface area contributed by atoms with Crippen LogP contribution in [0.2, 0.25) is 5.02 Å². The van der Waals surface area contributed by atoms with E-state index in [1.54, 1.807) is 80.3 Å². The Kier molecular flexibility index (Phi) is 11.0. The zero-order chi connectivity index (χ0) is 38.8. The summed E-state index contributed by atoms with van der Waals surface area (Å²) in [6.45, 7) is 5.06. The number of benzene rings is 3. The molecule has 13 nitrogen and oxygen atoms in total. The van der Waals surface area contributed by atoms with Gasteiger partial charge in [0.15, 0.2) is 0 Å². The molecule has 0 aliphatic carbocycles. The molecule has 1 spiro atoms. The number of piperidine rings is 1. The first-order valence-corrected chi connectivity index (χ1v) is 18.3. The summed E-state index contributed by atoms with van der Waals surface area (Å²) in [5.41, 5.74) is 0.902. The van der Waals surface area contributed by atoms with Gasteiger partial charge in [-0.3, -0.25) is 33.9 Å². The van der Waals surface area contributed by atoms with Crippen molar-refractivity contribution in [1.29, 1.82) is 0 Å². The lowest BCUT2D eigenvalue weighted by Crippen LogP contribution is -2.61. The van der Waals surface area contributed by atoms with Crippen LogP contribution in [0, 0.1) is 0 Å². The van der Waals surface area contributed by atoms with Gasteiger partial charge >= 0.3 is 18.1 Å². The predicted molar refractivity (Wildman–Crippen MR) is 199 cm³/mol. The Bertz CT molecular complexity index is 1920. The molecule has 2 saturated heterocycles. The average molecular weight is 758 g/mol. The minimum absolute atomic E-state index is 0.0844. The quantitative estimate of drug-likeness (QED) is 0.257. The van der Waals surface area contributed by atoms with E-state index in [0.717, 1.165) is 21.6 Å². The maximum Gasteiger partial charge on any atom is 0.411 e. The number of carbonyl (C=O) groups excluding carboxylic acids is 6. The summed E-state index contributed by atoms with van der Waals surface area (Å²) in [6.07, 6.45) is -0.117. The van der Waals surface area contributed by atoms with Crippen LogP contribution in [0.25, 0.3) is 0 Å². The standard InChI is InChI=1S/C40H44ClN5O8/c1-39(2,3)54-38(52)44-24-28-11-9-8-10-27(28)23-32(44)34(48)42-31(22-26-14-16-29(41)17-15-26)35(49)43-20-18-40(19-21-43)36(50)45(25-33(47)53-4)37(51)46(40)30-12-6-5-7-13-30/h5-17,31-32H,18-25H2,1-4H3,(H,42,48)/t31-,32-/m1/s1. The van der Waals surface area contributed by atoms with Crippen LogP contribution in [0.5, 0.6) is 0 Å². The Morgan fingerprint density at radius 3 is 2.17 bits per heavy atom. The number of likely N-dealkylation sites (tertiary alicyclic amines) is 1. The number of carbonyl (C=O) groups is 6. The Hall–Kier alpha value is -5.43. The molecule has 0 saturated carbocycles. The highest BCUT2D eigenvalue weighted by Gasteiger charge is 2.59. The highest BCUT2D eigenvalue weighted by molar-refractivity contribution is 6.30. The normalized spacial score (nSPS) is 18.6. The van der Waals surface area contributed by atoms with Crippen molar-refractivity contribution in [2.24, 2.45) is 0 Å². The lowest BCUT2D eigenvalue weighted by atomic mass is 9.85. The number of halogens is 1. The number of hydrogen-bond acceptors (Lipinski definition) is 8. The smallest absolute Gasteiger partial charge is 0.411 e. The molecule has 14 heteroatoms. The second-order valence-electron chi connectivity index (χ2n) is 14.8. The molecule has 0 unspecified atom stereocenters. The van der Waals surface area contributed by atoms with E-state index in [1.165, 1.54) is 16.9 Å². The minimum atomic E-state index is -1.35. The van der Waals surface area contributed by atoms with Crippen molar-refractivity contribution in [3.05, 3.63) is 101 Å². The summed E-state index contributed by atoms with van der Waals surface area (Å²) in [5.74, 6) is -2.18. The molecule has 3 heterocycles. The summed E-state index contributed by atoms with van der Waals surface area (Å²) in [6, 6.07) is 20.6. The summed E-state index contributed by atoms with van der Waals surface area (Å²) in [4.78, 5) is 87.5. The Labute approximate surface area is 319 Å². The topological polar surface area (TPSA) is 146 Å². The summed E-state index contributed by atoms with van der Waals surface area (Å²) < 4.78 is 10.5. The molecule has 3 aromatic rings. The Morgan fingerprint density at radius 2 is 1.54 bits per heavy atom. The van der Waals surface area contributed by atoms with Gasteiger partial charge in [0.1, 0.15) is 29.8 Å². The number of imide groups is 1. The number of urea groups is 1. The third-order valence-electron chi connectivity index (χ3n) is 10.1. The van der Waals surface area contributed by atoms with Gasteiger partial charge in [-0.2, -0.15) is 0 Å². The number of para-hydroxylation sites is 1. The van der Waals surface area contributed by atoms with Gasteiger partial charge in [0.2, 0.25) is 11.8 Å². The molecule has 1 N–H and O–H groups in total. The number of hydrogen-bond donors (Lipinski definition) is 1. The van der Waals surface area contributed by atoms with Crippen LogP contribution < -0.4 is 10.2 Å². The lowest BCUT2D eigenvalue weighted by Gasteiger charge is -2.43.